The van der Waals surface area contributed by atoms with Gasteiger partial charge in [-0.1, -0.05) is 29.8 Å². The Bertz CT molecular complexity index is 1370. The third-order valence-electron chi connectivity index (χ3n) is 4.87. The van der Waals surface area contributed by atoms with Crippen LogP contribution in [0.1, 0.15) is 18.1 Å². The Kier molecular flexibility index (Phi) is 8.24. The van der Waals surface area contributed by atoms with Gasteiger partial charge in [0.25, 0.3) is 0 Å². The molecular weight excluding hydrogens is 505 g/mol. The van der Waals surface area contributed by atoms with Gasteiger partial charge < -0.3 is 14.6 Å². The van der Waals surface area contributed by atoms with E-state index in [-0.39, 0.29) is 22.5 Å². The molecule has 4 aromatic rings. The SMILES string of the molecule is CCOc1cc(/C=C(\Sc2n[nH]c(-c3ccc(Cl)cc3)n2)C(=O)O)ccc1OCc1ccc(F)cc1. The molecule has 0 aliphatic heterocycles. The number of rotatable bonds is 10. The first-order chi connectivity index (χ1) is 17.4. The second-order valence-corrected chi connectivity index (χ2v) is 8.89. The molecule has 0 saturated carbocycles. The molecule has 0 atom stereocenters. The van der Waals surface area contributed by atoms with Gasteiger partial charge in [-0.2, -0.15) is 0 Å². The zero-order valence-corrected chi connectivity index (χ0v) is 20.6. The van der Waals surface area contributed by atoms with Gasteiger partial charge in [-0.3, -0.25) is 5.10 Å². The molecule has 0 spiro atoms. The fourth-order valence-electron chi connectivity index (χ4n) is 3.16. The normalized spacial score (nSPS) is 11.4. The minimum absolute atomic E-state index is 0.0269. The van der Waals surface area contributed by atoms with Crippen LogP contribution in [0.4, 0.5) is 4.39 Å². The van der Waals surface area contributed by atoms with Gasteiger partial charge in [0.2, 0.25) is 5.16 Å². The maximum absolute atomic E-state index is 13.1. The summed E-state index contributed by atoms with van der Waals surface area (Å²) < 4.78 is 24.7. The summed E-state index contributed by atoms with van der Waals surface area (Å²) in [6.07, 6.45) is 1.51. The number of nitrogens with zero attached hydrogens (tertiary/aromatic N) is 2. The number of aromatic amines is 1. The van der Waals surface area contributed by atoms with Crippen molar-refractivity contribution >= 4 is 35.4 Å². The molecule has 1 heterocycles. The van der Waals surface area contributed by atoms with Crippen molar-refractivity contribution in [3.8, 4) is 22.9 Å². The Morgan fingerprint density at radius 3 is 2.53 bits per heavy atom. The lowest BCUT2D eigenvalue weighted by atomic mass is 10.2. The number of halogens is 2. The van der Waals surface area contributed by atoms with E-state index in [9.17, 15) is 14.3 Å². The van der Waals surface area contributed by atoms with Crippen LogP contribution in [0.2, 0.25) is 5.02 Å². The van der Waals surface area contributed by atoms with Crippen LogP contribution in [0.25, 0.3) is 17.5 Å². The maximum Gasteiger partial charge on any atom is 0.342 e. The molecule has 0 aliphatic rings. The molecule has 0 unspecified atom stereocenters. The van der Waals surface area contributed by atoms with Crippen molar-refractivity contribution < 1.29 is 23.8 Å². The van der Waals surface area contributed by atoms with Crippen molar-refractivity contribution in [2.75, 3.05) is 6.61 Å². The third kappa shape index (κ3) is 6.65. The second kappa shape index (κ2) is 11.7. The first kappa shape index (κ1) is 25.3. The minimum atomic E-state index is -1.12. The predicted octanol–water partition coefficient (Wildman–Crippen LogP) is 6.46. The van der Waals surface area contributed by atoms with E-state index >= 15 is 0 Å². The van der Waals surface area contributed by atoms with Crippen LogP contribution in [-0.4, -0.2) is 32.9 Å². The van der Waals surface area contributed by atoms with E-state index in [1.54, 1.807) is 54.6 Å². The van der Waals surface area contributed by atoms with Crippen molar-refractivity contribution in [3.05, 3.63) is 93.6 Å². The summed E-state index contributed by atoms with van der Waals surface area (Å²) in [6.45, 7) is 2.46. The largest absolute Gasteiger partial charge is 0.490 e. The van der Waals surface area contributed by atoms with Gasteiger partial charge in [0.1, 0.15) is 17.3 Å². The minimum Gasteiger partial charge on any atom is -0.490 e. The predicted molar refractivity (Wildman–Crippen MR) is 137 cm³/mol. The molecule has 0 bridgehead atoms. The number of carboxylic acids is 1. The quantitative estimate of drug-likeness (QED) is 0.181. The molecule has 2 N–H and O–H groups in total. The number of hydrogen-bond donors (Lipinski definition) is 2. The zero-order valence-electron chi connectivity index (χ0n) is 19.1. The number of benzene rings is 3. The summed E-state index contributed by atoms with van der Waals surface area (Å²) in [5.41, 5.74) is 2.18. The van der Waals surface area contributed by atoms with Crippen molar-refractivity contribution in [3.63, 3.8) is 0 Å². The topological polar surface area (TPSA) is 97.3 Å². The Hall–Kier alpha value is -3.82. The number of H-pyrrole nitrogens is 1. The average Bonchev–Trinajstić information content (AvgIpc) is 3.33. The lowest BCUT2D eigenvalue weighted by Gasteiger charge is -2.13. The number of aromatic nitrogens is 3. The van der Waals surface area contributed by atoms with E-state index in [0.29, 0.717) is 34.5 Å². The number of carboxylic acid groups (broad SMARTS) is 1. The summed E-state index contributed by atoms with van der Waals surface area (Å²) in [7, 11) is 0. The van der Waals surface area contributed by atoms with Crippen molar-refractivity contribution in [2.24, 2.45) is 0 Å². The zero-order chi connectivity index (χ0) is 25.5. The van der Waals surface area contributed by atoms with Gasteiger partial charge in [0, 0.05) is 10.6 Å². The summed E-state index contributed by atoms with van der Waals surface area (Å²) in [5, 5.41) is 17.5. The van der Waals surface area contributed by atoms with E-state index in [4.69, 9.17) is 21.1 Å². The highest BCUT2D eigenvalue weighted by Crippen LogP contribution is 2.33. The number of ether oxygens (including phenoxy) is 2. The van der Waals surface area contributed by atoms with E-state index in [1.807, 2.05) is 6.92 Å². The average molecular weight is 526 g/mol. The summed E-state index contributed by atoms with van der Waals surface area (Å²) in [4.78, 5) is 16.3. The van der Waals surface area contributed by atoms with E-state index in [2.05, 4.69) is 15.2 Å². The van der Waals surface area contributed by atoms with Crippen LogP contribution in [0.15, 0.2) is 76.8 Å². The number of nitrogens with one attached hydrogen (secondary N) is 1. The number of aliphatic carboxylic acids is 1. The van der Waals surface area contributed by atoms with Gasteiger partial charge in [-0.15, -0.1) is 5.10 Å². The molecule has 0 aliphatic carbocycles. The Morgan fingerprint density at radius 2 is 1.83 bits per heavy atom. The highest BCUT2D eigenvalue weighted by molar-refractivity contribution is 8.04. The summed E-state index contributed by atoms with van der Waals surface area (Å²) in [6, 6.07) is 18.2. The third-order valence-corrected chi connectivity index (χ3v) is 6.00. The maximum atomic E-state index is 13.1. The first-order valence-corrected chi connectivity index (χ1v) is 12.1. The molecule has 3 aromatic carbocycles. The summed E-state index contributed by atoms with van der Waals surface area (Å²) in [5.74, 6) is 0.0197. The molecule has 1 aromatic heterocycles. The molecule has 184 valence electrons. The molecule has 0 saturated heterocycles. The Labute approximate surface area is 215 Å². The number of hydrogen-bond acceptors (Lipinski definition) is 6. The molecule has 0 amide bonds. The fourth-order valence-corrected chi connectivity index (χ4v) is 3.99. The van der Waals surface area contributed by atoms with Crippen LogP contribution in [0.5, 0.6) is 11.5 Å². The smallest absolute Gasteiger partial charge is 0.342 e. The molecule has 36 heavy (non-hydrogen) atoms. The van der Waals surface area contributed by atoms with Crippen LogP contribution < -0.4 is 9.47 Å². The highest BCUT2D eigenvalue weighted by Gasteiger charge is 2.15. The van der Waals surface area contributed by atoms with Gasteiger partial charge >= 0.3 is 5.97 Å². The van der Waals surface area contributed by atoms with Crippen LogP contribution in [-0.2, 0) is 11.4 Å². The van der Waals surface area contributed by atoms with Crippen molar-refractivity contribution in [2.45, 2.75) is 18.7 Å². The first-order valence-electron chi connectivity index (χ1n) is 10.9. The van der Waals surface area contributed by atoms with Crippen molar-refractivity contribution in [1.29, 1.82) is 0 Å². The molecule has 0 radical (unpaired) electrons. The van der Waals surface area contributed by atoms with Crippen LogP contribution in [0.3, 0.4) is 0 Å². The molecule has 4 rings (SSSR count). The number of carbonyl (C=O) groups is 1. The molecule has 7 nitrogen and oxygen atoms in total. The van der Waals surface area contributed by atoms with Crippen LogP contribution >= 0.6 is 23.4 Å². The Morgan fingerprint density at radius 1 is 1.08 bits per heavy atom. The van der Waals surface area contributed by atoms with E-state index < -0.39 is 5.97 Å². The van der Waals surface area contributed by atoms with Crippen molar-refractivity contribution in [1.82, 2.24) is 15.2 Å². The lowest BCUT2D eigenvalue weighted by Crippen LogP contribution is -2.01. The monoisotopic (exact) mass is 525 g/mol. The van der Waals surface area contributed by atoms with Gasteiger partial charge in [-0.25, -0.2) is 14.2 Å². The highest BCUT2D eigenvalue weighted by atomic mass is 35.5. The molecule has 0 fully saturated rings. The Balaban J connectivity index is 1.52. The lowest BCUT2D eigenvalue weighted by molar-refractivity contribution is -0.131. The second-order valence-electron chi connectivity index (χ2n) is 7.44. The number of thioether (sulfide) groups is 1. The molecule has 10 heteroatoms. The fraction of sp³-hybridized carbons (Fsp3) is 0.115. The van der Waals surface area contributed by atoms with E-state index in [0.717, 1.165) is 22.9 Å². The van der Waals surface area contributed by atoms with Crippen LogP contribution in [0, 0.1) is 5.82 Å². The van der Waals surface area contributed by atoms with E-state index in [1.165, 1.54) is 18.2 Å². The van der Waals surface area contributed by atoms with Gasteiger partial charge in [0.15, 0.2) is 17.3 Å². The molecular formula is C26H21ClFN3O4S. The standard InChI is InChI=1S/C26H21ClFN3O4S/c1-2-34-22-13-17(5-12-21(22)35-15-16-3-10-20(28)11-4-16)14-23(25(32)33)36-26-29-24(30-31-26)18-6-8-19(27)9-7-18/h3-14H,2,15H2,1H3,(H,32,33)(H,29,30,31)/b23-14-. The van der Waals surface area contributed by atoms with Gasteiger partial charge in [0.05, 0.1) is 6.61 Å². The summed E-state index contributed by atoms with van der Waals surface area (Å²) >= 11 is 6.85. The van der Waals surface area contributed by atoms with Gasteiger partial charge in [-0.05, 0) is 84.4 Å².